The summed E-state index contributed by atoms with van der Waals surface area (Å²) < 4.78 is 0. The van der Waals surface area contributed by atoms with Crippen LogP contribution in [0.15, 0.2) is 18.6 Å². The molecule has 1 aliphatic rings. The Kier molecular flexibility index (Phi) is 2.89. The van der Waals surface area contributed by atoms with Crippen molar-refractivity contribution in [3.8, 4) is 0 Å². The van der Waals surface area contributed by atoms with E-state index in [0.29, 0.717) is 11.5 Å². The first-order valence-corrected chi connectivity index (χ1v) is 5.71. The third-order valence-electron chi connectivity index (χ3n) is 3.39. The molecule has 1 aliphatic carbocycles. The Labute approximate surface area is 91.3 Å². The summed E-state index contributed by atoms with van der Waals surface area (Å²) in [6, 6.07) is 0.531. The van der Waals surface area contributed by atoms with E-state index in [1.165, 1.54) is 25.7 Å². The van der Waals surface area contributed by atoms with Crippen LogP contribution in [0.3, 0.4) is 0 Å². The van der Waals surface area contributed by atoms with Crippen molar-refractivity contribution in [1.29, 1.82) is 0 Å². The normalized spacial score (nSPS) is 24.8. The zero-order chi connectivity index (χ0) is 10.7. The predicted octanol–water partition coefficient (Wildman–Crippen LogP) is 2.86. The van der Waals surface area contributed by atoms with Gasteiger partial charge < -0.3 is 5.32 Å². The number of anilines is 1. The third kappa shape index (κ3) is 2.46. The van der Waals surface area contributed by atoms with Crippen molar-refractivity contribution in [2.45, 2.75) is 45.6 Å². The van der Waals surface area contributed by atoms with Crippen LogP contribution in [-0.4, -0.2) is 16.0 Å². The van der Waals surface area contributed by atoms with Gasteiger partial charge in [-0.15, -0.1) is 0 Å². The van der Waals surface area contributed by atoms with E-state index in [1.54, 1.807) is 18.6 Å². The van der Waals surface area contributed by atoms with Crippen molar-refractivity contribution in [3.63, 3.8) is 0 Å². The van der Waals surface area contributed by atoms with Gasteiger partial charge in [-0.3, -0.25) is 4.98 Å². The molecule has 0 spiro atoms. The molecule has 82 valence electrons. The van der Waals surface area contributed by atoms with Gasteiger partial charge in [-0.05, 0) is 18.3 Å². The Balaban J connectivity index is 2.05. The van der Waals surface area contributed by atoms with Crippen LogP contribution in [0, 0.1) is 5.41 Å². The molecule has 0 bridgehead atoms. The Morgan fingerprint density at radius 2 is 2.20 bits per heavy atom. The van der Waals surface area contributed by atoms with Gasteiger partial charge in [-0.25, -0.2) is 4.98 Å². The van der Waals surface area contributed by atoms with Crippen LogP contribution in [-0.2, 0) is 0 Å². The molecule has 1 aromatic heterocycles. The zero-order valence-electron chi connectivity index (χ0n) is 9.53. The highest BCUT2D eigenvalue weighted by molar-refractivity contribution is 5.32. The van der Waals surface area contributed by atoms with Crippen molar-refractivity contribution in [2.75, 3.05) is 5.32 Å². The Morgan fingerprint density at radius 1 is 1.33 bits per heavy atom. The average molecular weight is 205 g/mol. The van der Waals surface area contributed by atoms with E-state index in [1.807, 2.05) is 0 Å². The number of nitrogens with zero attached hydrogens (tertiary/aromatic N) is 2. The van der Waals surface area contributed by atoms with Crippen LogP contribution in [0.5, 0.6) is 0 Å². The summed E-state index contributed by atoms with van der Waals surface area (Å²) in [6.07, 6.45) is 10.4. The number of aromatic nitrogens is 2. The molecule has 1 atom stereocenters. The van der Waals surface area contributed by atoms with E-state index in [2.05, 4.69) is 29.1 Å². The van der Waals surface area contributed by atoms with Gasteiger partial charge in [0.2, 0.25) is 0 Å². The van der Waals surface area contributed by atoms with E-state index < -0.39 is 0 Å². The van der Waals surface area contributed by atoms with Gasteiger partial charge in [0, 0.05) is 18.4 Å². The number of hydrogen-bond acceptors (Lipinski definition) is 3. The van der Waals surface area contributed by atoms with Crippen molar-refractivity contribution in [2.24, 2.45) is 5.41 Å². The molecule has 1 unspecified atom stereocenters. The molecule has 0 aromatic carbocycles. The maximum absolute atomic E-state index is 4.26. The molecule has 15 heavy (non-hydrogen) atoms. The van der Waals surface area contributed by atoms with Crippen molar-refractivity contribution in [3.05, 3.63) is 18.6 Å². The van der Waals surface area contributed by atoms with Crippen LogP contribution < -0.4 is 5.32 Å². The molecular formula is C12H19N3. The van der Waals surface area contributed by atoms with Gasteiger partial charge in [0.05, 0.1) is 6.20 Å². The summed E-state index contributed by atoms with van der Waals surface area (Å²) in [5.41, 5.74) is 0.371. The monoisotopic (exact) mass is 205 g/mol. The minimum absolute atomic E-state index is 0.371. The predicted molar refractivity (Wildman–Crippen MR) is 61.7 cm³/mol. The zero-order valence-corrected chi connectivity index (χ0v) is 9.53. The molecule has 1 saturated carbocycles. The smallest absolute Gasteiger partial charge is 0.144 e. The van der Waals surface area contributed by atoms with Crippen molar-refractivity contribution < 1.29 is 0 Å². The quantitative estimate of drug-likeness (QED) is 0.806. The number of hydrogen-bond donors (Lipinski definition) is 1. The summed E-state index contributed by atoms with van der Waals surface area (Å²) in [5.74, 6) is 0.900. The van der Waals surface area contributed by atoms with Crippen LogP contribution in [0.1, 0.15) is 39.5 Å². The van der Waals surface area contributed by atoms with Crippen LogP contribution in [0.2, 0.25) is 0 Å². The molecule has 0 saturated heterocycles. The van der Waals surface area contributed by atoms with Crippen LogP contribution in [0.4, 0.5) is 5.82 Å². The van der Waals surface area contributed by atoms with Gasteiger partial charge in [-0.2, -0.15) is 0 Å². The second-order valence-electron chi connectivity index (χ2n) is 5.02. The summed E-state index contributed by atoms with van der Waals surface area (Å²) >= 11 is 0. The summed E-state index contributed by atoms with van der Waals surface area (Å²) in [5, 5.41) is 3.50. The fourth-order valence-electron chi connectivity index (χ4n) is 2.31. The van der Waals surface area contributed by atoms with E-state index >= 15 is 0 Å². The van der Waals surface area contributed by atoms with E-state index in [-0.39, 0.29) is 0 Å². The molecule has 1 aromatic rings. The van der Waals surface area contributed by atoms with Gasteiger partial charge in [0.25, 0.3) is 0 Å². The second kappa shape index (κ2) is 4.17. The fourth-order valence-corrected chi connectivity index (χ4v) is 2.31. The fraction of sp³-hybridized carbons (Fsp3) is 0.667. The molecule has 0 amide bonds. The summed E-state index contributed by atoms with van der Waals surface area (Å²) in [7, 11) is 0. The second-order valence-corrected chi connectivity index (χ2v) is 5.02. The maximum atomic E-state index is 4.26. The first-order chi connectivity index (χ1) is 7.18. The number of rotatable bonds is 2. The van der Waals surface area contributed by atoms with Crippen molar-refractivity contribution in [1.82, 2.24) is 9.97 Å². The number of nitrogens with one attached hydrogen (secondary N) is 1. The van der Waals surface area contributed by atoms with E-state index in [0.717, 1.165) is 5.82 Å². The SMILES string of the molecule is CC1(C)CCCCC1Nc1cnccn1. The largest absolute Gasteiger partial charge is 0.366 e. The standard InChI is InChI=1S/C12H19N3/c1-12(2)6-4-3-5-10(12)15-11-9-13-7-8-14-11/h7-10H,3-6H2,1-2H3,(H,14,15). The molecule has 0 aliphatic heterocycles. The lowest BCUT2D eigenvalue weighted by atomic mass is 9.73. The molecular weight excluding hydrogens is 186 g/mol. The lowest BCUT2D eigenvalue weighted by Crippen LogP contribution is -2.39. The third-order valence-corrected chi connectivity index (χ3v) is 3.39. The highest BCUT2D eigenvalue weighted by atomic mass is 15.0. The minimum atomic E-state index is 0.371. The van der Waals surface area contributed by atoms with Crippen LogP contribution in [0.25, 0.3) is 0 Å². The van der Waals surface area contributed by atoms with E-state index in [9.17, 15) is 0 Å². The topological polar surface area (TPSA) is 37.8 Å². The Hall–Kier alpha value is -1.12. The van der Waals surface area contributed by atoms with Crippen molar-refractivity contribution >= 4 is 5.82 Å². The summed E-state index contributed by atoms with van der Waals surface area (Å²) in [4.78, 5) is 8.34. The van der Waals surface area contributed by atoms with Gasteiger partial charge >= 0.3 is 0 Å². The molecule has 1 heterocycles. The van der Waals surface area contributed by atoms with Gasteiger partial charge in [0.15, 0.2) is 0 Å². The molecule has 1 N–H and O–H groups in total. The Bertz CT molecular complexity index is 308. The molecule has 0 radical (unpaired) electrons. The lowest BCUT2D eigenvalue weighted by Gasteiger charge is -2.39. The highest BCUT2D eigenvalue weighted by Gasteiger charge is 2.32. The van der Waals surface area contributed by atoms with E-state index in [4.69, 9.17) is 0 Å². The molecule has 3 nitrogen and oxygen atoms in total. The highest BCUT2D eigenvalue weighted by Crippen LogP contribution is 2.36. The minimum Gasteiger partial charge on any atom is -0.366 e. The molecule has 2 rings (SSSR count). The first kappa shape index (κ1) is 10.4. The van der Waals surface area contributed by atoms with Gasteiger partial charge in [0.1, 0.15) is 5.82 Å². The van der Waals surface area contributed by atoms with Crippen LogP contribution >= 0.6 is 0 Å². The Morgan fingerprint density at radius 3 is 2.87 bits per heavy atom. The maximum Gasteiger partial charge on any atom is 0.144 e. The van der Waals surface area contributed by atoms with Gasteiger partial charge in [-0.1, -0.05) is 26.7 Å². The molecule has 3 heteroatoms. The molecule has 1 fully saturated rings. The summed E-state index contributed by atoms with van der Waals surface area (Å²) in [6.45, 7) is 4.67. The lowest BCUT2D eigenvalue weighted by molar-refractivity contribution is 0.216. The average Bonchev–Trinajstić information content (AvgIpc) is 2.23. The first-order valence-electron chi connectivity index (χ1n) is 5.71.